The van der Waals surface area contributed by atoms with Crippen molar-refractivity contribution in [2.75, 3.05) is 27.2 Å². The van der Waals surface area contributed by atoms with E-state index in [9.17, 15) is 4.79 Å². The Kier molecular flexibility index (Phi) is 7.99. The third kappa shape index (κ3) is 7.40. The zero-order chi connectivity index (χ0) is 17.9. The van der Waals surface area contributed by atoms with Crippen LogP contribution in [0.15, 0.2) is 54.6 Å². The maximum absolute atomic E-state index is 12.0. The molecule has 25 heavy (non-hydrogen) atoms. The van der Waals surface area contributed by atoms with Crippen LogP contribution in [-0.2, 0) is 17.8 Å². The molecule has 134 valence electrons. The summed E-state index contributed by atoms with van der Waals surface area (Å²) in [7, 11) is 3.76. The van der Waals surface area contributed by atoms with Crippen LogP contribution >= 0.6 is 0 Å². The van der Waals surface area contributed by atoms with Gasteiger partial charge in [-0.05, 0) is 49.7 Å². The lowest BCUT2D eigenvalue weighted by Crippen LogP contribution is -2.28. The lowest BCUT2D eigenvalue weighted by atomic mass is 10.1. The smallest absolute Gasteiger partial charge is 0.220 e. The van der Waals surface area contributed by atoms with Crippen LogP contribution in [0.3, 0.4) is 0 Å². The van der Waals surface area contributed by atoms with Crippen molar-refractivity contribution in [3.05, 3.63) is 65.7 Å². The summed E-state index contributed by atoms with van der Waals surface area (Å²) in [6.45, 7) is 2.62. The van der Waals surface area contributed by atoms with Crippen molar-refractivity contribution >= 4 is 5.91 Å². The fourth-order valence-corrected chi connectivity index (χ4v) is 2.73. The van der Waals surface area contributed by atoms with Crippen molar-refractivity contribution < 1.29 is 9.53 Å². The van der Waals surface area contributed by atoms with E-state index in [4.69, 9.17) is 4.74 Å². The molecule has 0 saturated carbocycles. The second kappa shape index (κ2) is 10.5. The molecule has 0 aliphatic rings. The third-order valence-corrected chi connectivity index (χ3v) is 4.11. The van der Waals surface area contributed by atoms with Gasteiger partial charge in [0.15, 0.2) is 0 Å². The van der Waals surface area contributed by atoms with Crippen molar-refractivity contribution in [2.45, 2.75) is 25.8 Å². The highest BCUT2D eigenvalue weighted by Crippen LogP contribution is 2.13. The second-order valence-electron chi connectivity index (χ2n) is 6.28. The van der Waals surface area contributed by atoms with Gasteiger partial charge in [-0.15, -0.1) is 0 Å². The Hall–Kier alpha value is -2.33. The molecule has 0 fully saturated rings. The number of benzene rings is 2. The highest BCUT2D eigenvalue weighted by molar-refractivity contribution is 5.76. The topological polar surface area (TPSA) is 41.6 Å². The predicted molar refractivity (Wildman–Crippen MR) is 102 cm³/mol. The fourth-order valence-electron chi connectivity index (χ4n) is 2.73. The average molecular weight is 340 g/mol. The average Bonchev–Trinajstić information content (AvgIpc) is 2.64. The molecule has 2 aromatic carbocycles. The summed E-state index contributed by atoms with van der Waals surface area (Å²) >= 11 is 0. The van der Waals surface area contributed by atoms with Crippen molar-refractivity contribution in [3.63, 3.8) is 0 Å². The van der Waals surface area contributed by atoms with Crippen molar-refractivity contribution in [1.29, 1.82) is 0 Å². The molecule has 4 nitrogen and oxygen atoms in total. The fraction of sp³-hybridized carbons (Fsp3) is 0.381. The molecule has 0 aliphatic carbocycles. The Morgan fingerprint density at radius 2 is 1.84 bits per heavy atom. The number of amides is 1. The maximum atomic E-state index is 12.0. The normalized spacial score (nSPS) is 10.7. The first-order valence-electron chi connectivity index (χ1n) is 8.79. The Labute approximate surface area is 150 Å². The number of ether oxygens (including phenoxy) is 1. The number of rotatable bonds is 10. The largest absolute Gasteiger partial charge is 0.497 e. The zero-order valence-electron chi connectivity index (χ0n) is 15.2. The molecular formula is C21H28N2O2. The van der Waals surface area contributed by atoms with Crippen LogP contribution in [0, 0.1) is 0 Å². The molecule has 2 rings (SSSR count). The van der Waals surface area contributed by atoms with Crippen molar-refractivity contribution in [3.8, 4) is 5.75 Å². The van der Waals surface area contributed by atoms with Crippen LogP contribution in [0.1, 0.15) is 24.0 Å². The standard InChI is InChI=1S/C21H28N2O2/c1-23(17-19-8-4-3-5-9-19)15-7-14-22-21(24)13-12-18-10-6-11-20(16-18)25-2/h3-6,8-11,16H,7,12-15,17H2,1-2H3,(H,22,24). The molecular weight excluding hydrogens is 312 g/mol. The highest BCUT2D eigenvalue weighted by Gasteiger charge is 2.04. The molecule has 0 spiro atoms. The van der Waals surface area contributed by atoms with Gasteiger partial charge in [-0.3, -0.25) is 4.79 Å². The summed E-state index contributed by atoms with van der Waals surface area (Å²) in [5.41, 5.74) is 2.43. The van der Waals surface area contributed by atoms with E-state index in [1.165, 1.54) is 5.56 Å². The number of hydrogen-bond acceptors (Lipinski definition) is 3. The molecule has 0 aliphatic heterocycles. The maximum Gasteiger partial charge on any atom is 0.220 e. The number of carbonyl (C=O) groups excluding carboxylic acids is 1. The van der Waals surface area contributed by atoms with Gasteiger partial charge in [0.2, 0.25) is 5.91 Å². The van der Waals surface area contributed by atoms with Crippen LogP contribution in [0.5, 0.6) is 5.75 Å². The highest BCUT2D eigenvalue weighted by atomic mass is 16.5. The van der Waals surface area contributed by atoms with Gasteiger partial charge in [-0.2, -0.15) is 0 Å². The van der Waals surface area contributed by atoms with Gasteiger partial charge in [0.25, 0.3) is 0 Å². The van der Waals surface area contributed by atoms with Crippen LogP contribution in [-0.4, -0.2) is 38.1 Å². The first kappa shape index (κ1) is 19.0. The number of carbonyl (C=O) groups is 1. The summed E-state index contributed by atoms with van der Waals surface area (Å²) in [4.78, 5) is 14.2. The zero-order valence-corrected chi connectivity index (χ0v) is 15.2. The van der Waals surface area contributed by atoms with Gasteiger partial charge in [0.05, 0.1) is 7.11 Å². The molecule has 1 amide bonds. The van der Waals surface area contributed by atoms with Gasteiger partial charge in [0, 0.05) is 19.5 Å². The second-order valence-corrected chi connectivity index (χ2v) is 6.28. The van der Waals surface area contributed by atoms with E-state index in [-0.39, 0.29) is 5.91 Å². The minimum Gasteiger partial charge on any atom is -0.497 e. The van der Waals surface area contributed by atoms with E-state index >= 15 is 0 Å². The molecule has 2 aromatic rings. The quantitative estimate of drug-likeness (QED) is 0.675. The summed E-state index contributed by atoms with van der Waals surface area (Å²) in [5, 5.41) is 3.00. The van der Waals surface area contributed by atoms with E-state index in [0.717, 1.165) is 43.8 Å². The number of aryl methyl sites for hydroxylation is 1. The van der Waals surface area contributed by atoms with Crippen LogP contribution < -0.4 is 10.1 Å². The molecule has 0 atom stereocenters. The van der Waals surface area contributed by atoms with Gasteiger partial charge in [0.1, 0.15) is 5.75 Å². The Bertz CT molecular complexity index is 643. The van der Waals surface area contributed by atoms with Gasteiger partial charge >= 0.3 is 0 Å². The van der Waals surface area contributed by atoms with Crippen LogP contribution in [0.2, 0.25) is 0 Å². The molecule has 0 aromatic heterocycles. The minimum absolute atomic E-state index is 0.105. The summed E-state index contributed by atoms with van der Waals surface area (Å²) in [5.74, 6) is 0.938. The molecule has 0 bridgehead atoms. The monoisotopic (exact) mass is 340 g/mol. The Balaban J connectivity index is 1.58. The molecule has 1 N–H and O–H groups in total. The number of nitrogens with zero attached hydrogens (tertiary/aromatic N) is 1. The minimum atomic E-state index is 0.105. The van der Waals surface area contributed by atoms with Crippen LogP contribution in [0.25, 0.3) is 0 Å². The molecule has 0 radical (unpaired) electrons. The lowest BCUT2D eigenvalue weighted by Gasteiger charge is -2.16. The van der Waals surface area contributed by atoms with E-state index in [1.54, 1.807) is 7.11 Å². The number of nitrogens with one attached hydrogen (secondary N) is 1. The first-order valence-corrected chi connectivity index (χ1v) is 8.79. The molecule has 0 unspecified atom stereocenters. The third-order valence-electron chi connectivity index (χ3n) is 4.11. The van der Waals surface area contributed by atoms with Gasteiger partial charge in [-0.1, -0.05) is 42.5 Å². The summed E-state index contributed by atoms with van der Waals surface area (Å²) < 4.78 is 5.20. The molecule has 4 heteroatoms. The lowest BCUT2D eigenvalue weighted by molar-refractivity contribution is -0.121. The number of hydrogen-bond donors (Lipinski definition) is 1. The van der Waals surface area contributed by atoms with Gasteiger partial charge in [-0.25, -0.2) is 0 Å². The first-order chi connectivity index (χ1) is 12.2. The van der Waals surface area contributed by atoms with E-state index < -0.39 is 0 Å². The summed E-state index contributed by atoms with van der Waals surface area (Å²) in [6, 6.07) is 18.3. The van der Waals surface area contributed by atoms with Crippen LogP contribution in [0.4, 0.5) is 0 Å². The van der Waals surface area contributed by atoms with E-state index in [0.29, 0.717) is 6.42 Å². The van der Waals surface area contributed by atoms with E-state index in [1.807, 2.05) is 30.3 Å². The SMILES string of the molecule is COc1cccc(CCC(=O)NCCCN(C)Cc2ccccc2)c1. The van der Waals surface area contributed by atoms with Crippen molar-refractivity contribution in [1.82, 2.24) is 10.2 Å². The molecule has 0 saturated heterocycles. The Morgan fingerprint density at radius 1 is 1.08 bits per heavy atom. The summed E-state index contributed by atoms with van der Waals surface area (Å²) in [6.07, 6.45) is 2.19. The predicted octanol–water partition coefficient (Wildman–Crippen LogP) is 3.27. The number of methoxy groups -OCH3 is 1. The van der Waals surface area contributed by atoms with Gasteiger partial charge < -0.3 is 15.0 Å². The Morgan fingerprint density at radius 3 is 2.60 bits per heavy atom. The molecule has 0 heterocycles. The van der Waals surface area contributed by atoms with Crippen molar-refractivity contribution in [2.24, 2.45) is 0 Å². The van der Waals surface area contributed by atoms with E-state index in [2.05, 4.69) is 41.5 Å².